The van der Waals surface area contributed by atoms with Crippen LogP contribution in [0.5, 0.6) is 0 Å². The third kappa shape index (κ3) is 2.25. The molecule has 6 heteroatoms. The van der Waals surface area contributed by atoms with Gasteiger partial charge in [0.2, 0.25) is 5.95 Å². The second kappa shape index (κ2) is 5.26. The van der Waals surface area contributed by atoms with E-state index in [0.717, 1.165) is 37.8 Å². The summed E-state index contributed by atoms with van der Waals surface area (Å²) in [4.78, 5) is 17.5. The molecule has 2 aromatic rings. The third-order valence-electron chi connectivity index (χ3n) is 4.55. The molecule has 0 amide bonds. The molecule has 2 saturated heterocycles. The van der Waals surface area contributed by atoms with E-state index in [9.17, 15) is 0 Å². The third-order valence-corrected chi connectivity index (χ3v) is 4.55. The molecule has 2 aromatic heterocycles. The van der Waals surface area contributed by atoms with Crippen molar-refractivity contribution in [3.63, 3.8) is 0 Å². The van der Waals surface area contributed by atoms with E-state index in [0.29, 0.717) is 17.5 Å². The summed E-state index contributed by atoms with van der Waals surface area (Å²) < 4.78 is 0. The topological polar surface area (TPSA) is 68.9 Å². The molecular weight excluding hydrogens is 276 g/mol. The van der Waals surface area contributed by atoms with Crippen LogP contribution in [0.2, 0.25) is 0 Å². The fraction of sp³-hybridized carbons (Fsp3) is 0.375. The Hall–Kier alpha value is -2.68. The Morgan fingerprint density at radius 2 is 1.64 bits per heavy atom. The van der Waals surface area contributed by atoms with E-state index in [2.05, 4.69) is 30.8 Å². The van der Waals surface area contributed by atoms with Crippen molar-refractivity contribution >= 4 is 11.6 Å². The summed E-state index contributed by atoms with van der Waals surface area (Å²) in [6.45, 7) is 4.08. The van der Waals surface area contributed by atoms with Crippen molar-refractivity contribution in [2.75, 3.05) is 36.0 Å². The molecule has 2 unspecified atom stereocenters. The molecule has 22 heavy (non-hydrogen) atoms. The van der Waals surface area contributed by atoms with Crippen molar-refractivity contribution in [1.82, 2.24) is 15.0 Å². The first-order chi connectivity index (χ1) is 10.8. The van der Waals surface area contributed by atoms with E-state index >= 15 is 0 Å². The number of hydrogen-bond acceptors (Lipinski definition) is 6. The zero-order chi connectivity index (χ0) is 14.9. The van der Waals surface area contributed by atoms with Crippen LogP contribution in [-0.2, 0) is 0 Å². The van der Waals surface area contributed by atoms with Crippen molar-refractivity contribution < 1.29 is 0 Å². The Morgan fingerprint density at radius 1 is 0.955 bits per heavy atom. The second-order valence-electron chi connectivity index (χ2n) is 5.89. The number of nitrogens with zero attached hydrogens (tertiary/aromatic N) is 6. The molecule has 2 aliphatic rings. The Morgan fingerprint density at radius 3 is 2.23 bits per heavy atom. The van der Waals surface area contributed by atoms with E-state index in [4.69, 9.17) is 5.26 Å². The molecule has 0 bridgehead atoms. The Labute approximate surface area is 129 Å². The van der Waals surface area contributed by atoms with E-state index in [-0.39, 0.29) is 0 Å². The molecule has 4 heterocycles. The molecule has 2 atom stereocenters. The normalized spacial score (nSPS) is 23.4. The maximum Gasteiger partial charge on any atom is 0.225 e. The highest BCUT2D eigenvalue weighted by Crippen LogP contribution is 2.34. The van der Waals surface area contributed by atoms with Gasteiger partial charge in [0, 0.05) is 50.4 Å². The minimum atomic E-state index is 0.468. The average Bonchev–Trinajstić information content (AvgIpc) is 3.15. The molecule has 0 radical (unpaired) electrons. The number of hydrogen-bond donors (Lipinski definition) is 0. The first-order valence-corrected chi connectivity index (χ1v) is 7.46. The van der Waals surface area contributed by atoms with Crippen LogP contribution >= 0.6 is 0 Å². The van der Waals surface area contributed by atoms with Gasteiger partial charge in [-0.05, 0) is 18.2 Å². The summed E-state index contributed by atoms with van der Waals surface area (Å²) in [7, 11) is 0. The first kappa shape index (κ1) is 13.0. The quantitative estimate of drug-likeness (QED) is 0.831. The molecular formula is C16H16N6. The van der Waals surface area contributed by atoms with Crippen LogP contribution in [0, 0.1) is 23.2 Å². The van der Waals surface area contributed by atoms with E-state index in [1.54, 1.807) is 24.7 Å². The van der Waals surface area contributed by atoms with Gasteiger partial charge in [-0.1, -0.05) is 0 Å². The number of fused-ring (bicyclic) bond motifs is 1. The fourth-order valence-corrected chi connectivity index (χ4v) is 3.46. The summed E-state index contributed by atoms with van der Waals surface area (Å²) in [5.41, 5.74) is 1.58. The lowest BCUT2D eigenvalue weighted by atomic mass is 10.0. The fourth-order valence-electron chi connectivity index (χ4n) is 3.46. The Bertz CT molecular complexity index is 679. The molecule has 0 aliphatic carbocycles. The minimum absolute atomic E-state index is 0.468. The Balaban J connectivity index is 1.44. The SMILES string of the molecule is N#Cc1ccc(N2CC3CN(c4ncccn4)CC3C2)cn1. The first-order valence-electron chi connectivity index (χ1n) is 7.46. The monoisotopic (exact) mass is 292 g/mol. The zero-order valence-corrected chi connectivity index (χ0v) is 12.1. The largest absolute Gasteiger partial charge is 0.370 e. The molecule has 0 spiro atoms. The second-order valence-corrected chi connectivity index (χ2v) is 5.89. The summed E-state index contributed by atoms with van der Waals surface area (Å²) in [6, 6.07) is 7.68. The lowest BCUT2D eigenvalue weighted by Gasteiger charge is -2.22. The van der Waals surface area contributed by atoms with Crippen molar-refractivity contribution in [2.45, 2.75) is 0 Å². The summed E-state index contributed by atoms with van der Waals surface area (Å²) in [5.74, 6) is 2.11. The van der Waals surface area contributed by atoms with Crippen LogP contribution in [0.1, 0.15) is 5.69 Å². The van der Waals surface area contributed by atoms with Gasteiger partial charge < -0.3 is 9.80 Å². The van der Waals surface area contributed by atoms with E-state index in [1.165, 1.54) is 0 Å². The minimum Gasteiger partial charge on any atom is -0.370 e. The standard InChI is InChI=1S/C16H16N6/c17-6-14-2-3-15(7-20-14)21-8-12-10-22(11-13(12)9-21)16-18-4-1-5-19-16/h1-5,7,12-13H,8-11H2. The predicted molar refractivity (Wildman–Crippen MR) is 82.4 cm³/mol. The van der Waals surface area contributed by atoms with Crippen LogP contribution in [0.15, 0.2) is 36.8 Å². The highest BCUT2D eigenvalue weighted by molar-refractivity contribution is 5.48. The molecule has 0 saturated carbocycles. The van der Waals surface area contributed by atoms with Gasteiger partial charge in [-0.3, -0.25) is 0 Å². The lowest BCUT2D eigenvalue weighted by molar-refractivity contribution is 0.533. The number of nitriles is 1. The number of rotatable bonds is 2. The van der Waals surface area contributed by atoms with Gasteiger partial charge in [0.05, 0.1) is 11.9 Å². The summed E-state index contributed by atoms with van der Waals surface area (Å²) in [5, 5.41) is 8.82. The van der Waals surface area contributed by atoms with Crippen LogP contribution in [0.3, 0.4) is 0 Å². The maximum atomic E-state index is 8.82. The van der Waals surface area contributed by atoms with Gasteiger partial charge in [-0.25, -0.2) is 15.0 Å². The summed E-state index contributed by atoms with van der Waals surface area (Å²) in [6.07, 6.45) is 5.40. The molecule has 2 fully saturated rings. The summed E-state index contributed by atoms with van der Waals surface area (Å²) >= 11 is 0. The van der Waals surface area contributed by atoms with E-state index in [1.807, 2.05) is 12.1 Å². The highest BCUT2D eigenvalue weighted by atomic mass is 15.3. The lowest BCUT2D eigenvalue weighted by Crippen LogP contribution is -2.29. The number of anilines is 2. The molecule has 0 aromatic carbocycles. The van der Waals surface area contributed by atoms with Crippen molar-refractivity contribution in [3.8, 4) is 6.07 Å². The van der Waals surface area contributed by atoms with Crippen molar-refractivity contribution in [2.24, 2.45) is 11.8 Å². The zero-order valence-electron chi connectivity index (χ0n) is 12.1. The van der Waals surface area contributed by atoms with Crippen LogP contribution < -0.4 is 9.80 Å². The molecule has 4 rings (SSSR count). The highest BCUT2D eigenvalue weighted by Gasteiger charge is 2.40. The number of pyridine rings is 1. The number of aromatic nitrogens is 3. The molecule has 2 aliphatic heterocycles. The van der Waals surface area contributed by atoms with Gasteiger partial charge in [-0.15, -0.1) is 0 Å². The van der Waals surface area contributed by atoms with Crippen LogP contribution in [0.25, 0.3) is 0 Å². The maximum absolute atomic E-state index is 8.82. The van der Waals surface area contributed by atoms with Gasteiger partial charge in [0.25, 0.3) is 0 Å². The molecule has 110 valence electrons. The van der Waals surface area contributed by atoms with Crippen molar-refractivity contribution in [1.29, 1.82) is 5.26 Å². The van der Waals surface area contributed by atoms with Crippen molar-refractivity contribution in [3.05, 3.63) is 42.5 Å². The Kier molecular flexibility index (Phi) is 3.11. The molecule has 0 N–H and O–H groups in total. The van der Waals surface area contributed by atoms with Crippen LogP contribution in [-0.4, -0.2) is 41.1 Å². The van der Waals surface area contributed by atoms with Gasteiger partial charge in [0.1, 0.15) is 11.8 Å². The van der Waals surface area contributed by atoms with Crippen LogP contribution in [0.4, 0.5) is 11.6 Å². The van der Waals surface area contributed by atoms with Gasteiger partial charge in [0.15, 0.2) is 0 Å². The molecule has 6 nitrogen and oxygen atoms in total. The van der Waals surface area contributed by atoms with E-state index < -0.39 is 0 Å². The van der Waals surface area contributed by atoms with Gasteiger partial charge >= 0.3 is 0 Å². The predicted octanol–water partition coefficient (Wildman–Crippen LogP) is 1.32. The average molecular weight is 292 g/mol. The van der Waals surface area contributed by atoms with Gasteiger partial charge in [-0.2, -0.15) is 5.26 Å². The smallest absolute Gasteiger partial charge is 0.225 e.